The number of likely N-dealkylation sites (tertiary alicyclic amines) is 1. The molecule has 1 amide bonds. The number of aliphatic hydroxyl groups excluding tert-OH is 1. The van der Waals surface area contributed by atoms with E-state index in [4.69, 9.17) is 55.9 Å². The van der Waals surface area contributed by atoms with Crippen LogP contribution in [-0.2, 0) is 26.5 Å². The van der Waals surface area contributed by atoms with E-state index in [-0.39, 0.29) is 18.8 Å². The lowest BCUT2D eigenvalue weighted by molar-refractivity contribution is -0.253. The summed E-state index contributed by atoms with van der Waals surface area (Å²) in [4.78, 5) is 14.5. The Morgan fingerprint density at radius 3 is 2.31 bits per heavy atom. The van der Waals surface area contributed by atoms with Gasteiger partial charge in [0.15, 0.2) is 6.29 Å². The number of hydrogen-bond donors (Lipinski definition) is 3. The molecule has 3 aromatic rings. The third kappa shape index (κ3) is 7.78. The number of benzene rings is 3. The Balaban J connectivity index is 1.31. The molecule has 5 rings (SSSR count). The molecule has 0 bridgehead atoms. The average molecular weight is 654 g/mol. The number of carbonyl (C=O) groups excluding carboxylic acids is 1. The maximum atomic E-state index is 12.2. The van der Waals surface area contributed by atoms with Crippen molar-refractivity contribution in [3.05, 3.63) is 100 Å². The molecule has 2 fully saturated rings. The fourth-order valence-corrected chi connectivity index (χ4v) is 5.71. The number of halogens is 4. The zero-order chi connectivity index (χ0) is 29.9. The van der Waals surface area contributed by atoms with E-state index >= 15 is 0 Å². The summed E-state index contributed by atoms with van der Waals surface area (Å²) in [5.41, 5.74) is 2.92. The van der Waals surface area contributed by atoms with Crippen LogP contribution >= 0.6 is 46.4 Å². The maximum Gasteiger partial charge on any atom is 0.276 e. The Labute approximate surface area is 265 Å². The summed E-state index contributed by atoms with van der Waals surface area (Å²) in [5.74, 6) is -0.765. The number of aliphatic hydroxyl groups is 2. The van der Waals surface area contributed by atoms with Gasteiger partial charge in [-0.2, -0.15) is 0 Å². The molecule has 224 valence electrons. The van der Waals surface area contributed by atoms with Crippen LogP contribution in [0, 0.1) is 0 Å². The van der Waals surface area contributed by atoms with Gasteiger partial charge in [0.05, 0.1) is 24.4 Å². The Morgan fingerprint density at radius 2 is 1.67 bits per heavy atom. The predicted molar refractivity (Wildman–Crippen MR) is 165 cm³/mol. The summed E-state index contributed by atoms with van der Waals surface area (Å²) < 4.78 is 10.8. The molecule has 0 spiro atoms. The van der Waals surface area contributed by atoms with Gasteiger partial charge in [0.25, 0.3) is 9.70 Å². The molecule has 0 aliphatic carbocycles. The Morgan fingerprint density at radius 1 is 0.976 bits per heavy atom. The highest BCUT2D eigenvalue weighted by Gasteiger charge is 2.38. The van der Waals surface area contributed by atoms with Crippen LogP contribution in [0.1, 0.15) is 53.9 Å². The van der Waals surface area contributed by atoms with Crippen molar-refractivity contribution in [2.24, 2.45) is 0 Å². The van der Waals surface area contributed by atoms with Gasteiger partial charge in [-0.05, 0) is 53.8 Å². The van der Waals surface area contributed by atoms with E-state index in [2.05, 4.69) is 10.2 Å². The molecule has 0 radical (unpaired) electrons. The van der Waals surface area contributed by atoms with Crippen LogP contribution in [0.2, 0.25) is 5.02 Å². The van der Waals surface area contributed by atoms with Crippen LogP contribution in [0.25, 0.3) is 0 Å². The Hall–Kier alpha value is -1.91. The molecular weight excluding hydrogens is 622 g/mol. The van der Waals surface area contributed by atoms with E-state index in [1.165, 1.54) is 0 Å². The van der Waals surface area contributed by atoms with Crippen molar-refractivity contribution < 1.29 is 24.5 Å². The van der Waals surface area contributed by atoms with E-state index in [0.717, 1.165) is 16.7 Å². The normalized spacial score (nSPS) is 23.0. The van der Waals surface area contributed by atoms with Crippen molar-refractivity contribution in [3.8, 4) is 0 Å². The van der Waals surface area contributed by atoms with Gasteiger partial charge in [0.2, 0.25) is 0 Å². The molecule has 3 aromatic carbocycles. The minimum Gasteiger partial charge on any atom is -0.392 e. The molecular formula is C31H32Cl4N2O5. The van der Waals surface area contributed by atoms with Crippen molar-refractivity contribution in [2.75, 3.05) is 25.0 Å². The number of ether oxygens (including phenoxy) is 2. The minimum atomic E-state index is -2.10. The van der Waals surface area contributed by atoms with Crippen LogP contribution in [-0.4, -0.2) is 50.6 Å². The van der Waals surface area contributed by atoms with Crippen molar-refractivity contribution >= 4 is 58.0 Å². The van der Waals surface area contributed by atoms with E-state index in [9.17, 15) is 15.0 Å². The zero-order valence-corrected chi connectivity index (χ0v) is 25.7. The van der Waals surface area contributed by atoms with Gasteiger partial charge in [0, 0.05) is 42.3 Å². The monoisotopic (exact) mass is 652 g/mol. The number of nitrogens with zero attached hydrogens (tertiary/aromatic N) is 1. The third-order valence-corrected chi connectivity index (χ3v) is 8.58. The van der Waals surface area contributed by atoms with Crippen molar-refractivity contribution in [3.63, 3.8) is 0 Å². The topological polar surface area (TPSA) is 91.3 Å². The van der Waals surface area contributed by atoms with Crippen LogP contribution in [0.4, 0.5) is 5.69 Å². The lowest BCUT2D eigenvalue weighted by atomic mass is 9.84. The number of hydrogen-bond acceptors (Lipinski definition) is 6. The van der Waals surface area contributed by atoms with Gasteiger partial charge < -0.3 is 29.9 Å². The molecule has 2 aliphatic rings. The van der Waals surface area contributed by atoms with Gasteiger partial charge in [-0.25, -0.2) is 0 Å². The minimum absolute atomic E-state index is 0.0375. The number of rotatable bonds is 7. The van der Waals surface area contributed by atoms with Gasteiger partial charge in [-0.15, -0.1) is 0 Å². The van der Waals surface area contributed by atoms with Crippen molar-refractivity contribution in [1.29, 1.82) is 0 Å². The van der Waals surface area contributed by atoms with E-state index in [1.807, 2.05) is 54.6 Å². The van der Waals surface area contributed by atoms with Crippen molar-refractivity contribution in [1.82, 2.24) is 4.90 Å². The molecule has 0 unspecified atom stereocenters. The first-order valence-corrected chi connectivity index (χ1v) is 15.2. The van der Waals surface area contributed by atoms with E-state index in [1.54, 1.807) is 18.2 Å². The molecule has 2 aliphatic heterocycles. The van der Waals surface area contributed by atoms with Crippen molar-refractivity contribution in [2.45, 2.75) is 53.8 Å². The summed E-state index contributed by atoms with van der Waals surface area (Å²) in [6.45, 7) is 2.04. The highest BCUT2D eigenvalue weighted by Crippen LogP contribution is 2.40. The van der Waals surface area contributed by atoms with Gasteiger partial charge in [-0.1, -0.05) is 94.9 Å². The molecule has 0 aromatic heterocycles. The molecule has 3 atom stereocenters. The quantitative estimate of drug-likeness (QED) is 0.247. The van der Waals surface area contributed by atoms with Gasteiger partial charge >= 0.3 is 0 Å². The van der Waals surface area contributed by atoms with E-state index in [0.29, 0.717) is 55.2 Å². The first-order chi connectivity index (χ1) is 20.0. The lowest BCUT2D eigenvalue weighted by Gasteiger charge is -2.42. The summed E-state index contributed by atoms with van der Waals surface area (Å²) in [6.07, 6.45) is 0.656. The molecule has 2 heterocycles. The number of alkyl halides is 3. The zero-order valence-electron chi connectivity index (χ0n) is 22.7. The molecule has 0 saturated carbocycles. The lowest BCUT2D eigenvalue weighted by Crippen LogP contribution is -2.46. The second-order valence-electron chi connectivity index (χ2n) is 10.8. The van der Waals surface area contributed by atoms with E-state index < -0.39 is 21.6 Å². The molecule has 2 saturated heterocycles. The standard InChI is InChI=1S/C31H32Cl4N2O5/c32-24-10-8-23(9-11-24)30(40)12-14-37(15-13-30)18-26-17-27(21-6-4-20(19-38)5-7-21)42-28(41-26)22-2-1-3-25(16-22)36-29(39)31(33,34)35/h1-11,16,26-28,38,40H,12-15,17-19H2,(H,36,39)/t26-,27+,28+/m0/s1. The molecule has 3 N–H and O–H groups in total. The van der Waals surface area contributed by atoms with Crippen LogP contribution < -0.4 is 5.32 Å². The smallest absolute Gasteiger partial charge is 0.276 e. The maximum absolute atomic E-state index is 12.2. The first kappa shape index (κ1) is 31.5. The summed E-state index contributed by atoms with van der Waals surface area (Å²) in [6, 6.07) is 22.1. The van der Waals surface area contributed by atoms with Crippen LogP contribution in [0.5, 0.6) is 0 Å². The number of piperidine rings is 1. The highest BCUT2D eigenvalue weighted by atomic mass is 35.6. The van der Waals surface area contributed by atoms with Gasteiger partial charge in [-0.3, -0.25) is 4.79 Å². The molecule has 42 heavy (non-hydrogen) atoms. The number of anilines is 1. The highest BCUT2D eigenvalue weighted by molar-refractivity contribution is 6.76. The number of amides is 1. The first-order valence-electron chi connectivity index (χ1n) is 13.7. The van der Waals surface area contributed by atoms with Crippen LogP contribution in [0.3, 0.4) is 0 Å². The summed E-state index contributed by atoms with van der Waals surface area (Å²) in [5, 5.41) is 24.1. The number of carbonyl (C=O) groups is 1. The molecule has 11 heteroatoms. The van der Waals surface area contributed by atoms with Gasteiger partial charge in [0.1, 0.15) is 0 Å². The fraction of sp³-hybridized carbons (Fsp3) is 0.387. The second-order valence-corrected chi connectivity index (χ2v) is 13.5. The summed E-state index contributed by atoms with van der Waals surface area (Å²) in [7, 11) is 0. The third-order valence-electron chi connectivity index (χ3n) is 7.82. The molecule has 7 nitrogen and oxygen atoms in total. The largest absolute Gasteiger partial charge is 0.392 e. The second kappa shape index (κ2) is 13.4. The average Bonchev–Trinajstić information content (AvgIpc) is 2.98. The SMILES string of the molecule is O=C(Nc1cccc([C@@H]2O[C@H](CN3CCC(O)(c4ccc(Cl)cc4)CC3)C[C@H](c3ccc(CO)cc3)O2)c1)C(Cl)(Cl)Cl. The Bertz CT molecular complexity index is 1360. The Kier molecular flexibility index (Phi) is 10.0. The summed E-state index contributed by atoms with van der Waals surface area (Å²) >= 11 is 23.2. The van der Waals surface area contributed by atoms with Crippen LogP contribution in [0.15, 0.2) is 72.8 Å². The number of nitrogens with one attached hydrogen (secondary N) is 1. The predicted octanol–water partition coefficient (Wildman–Crippen LogP) is 6.67. The fourth-order valence-electron chi connectivity index (χ4n) is 5.44.